The summed E-state index contributed by atoms with van der Waals surface area (Å²) >= 11 is 0. The molecule has 2 aromatic heterocycles. The van der Waals surface area contributed by atoms with E-state index in [4.69, 9.17) is 4.74 Å². The Balaban J connectivity index is 1.47. The smallest absolute Gasteiger partial charge is 0.430 e. The molecular formula is C22H18F4N4O4. The molecule has 1 unspecified atom stereocenters. The van der Waals surface area contributed by atoms with E-state index in [0.29, 0.717) is 24.6 Å². The SMILES string of the molecule is O=C1c2c(NC3COC3)ccc(F)c2C(OC(=O)C(F)(F)F)N1CCc1cn2ccccc2n1. The highest BCUT2D eigenvalue weighted by Gasteiger charge is 2.48. The second-order valence-electron chi connectivity index (χ2n) is 7.96. The number of carbonyl (C=O) groups is 2. The van der Waals surface area contributed by atoms with Crippen molar-refractivity contribution in [1.29, 1.82) is 0 Å². The normalized spacial score (nSPS) is 18.2. The zero-order chi connectivity index (χ0) is 24.0. The Bertz CT molecular complexity index is 1240. The summed E-state index contributed by atoms with van der Waals surface area (Å²) in [7, 11) is 0. The number of amides is 1. The summed E-state index contributed by atoms with van der Waals surface area (Å²) in [6.45, 7) is 0.577. The summed E-state index contributed by atoms with van der Waals surface area (Å²) in [4.78, 5) is 30.3. The minimum Gasteiger partial charge on any atom is -0.430 e. The van der Waals surface area contributed by atoms with Crippen LogP contribution in [-0.4, -0.2) is 58.1 Å². The van der Waals surface area contributed by atoms with Crippen LogP contribution in [0.15, 0.2) is 42.7 Å². The molecule has 2 aliphatic rings. The summed E-state index contributed by atoms with van der Waals surface area (Å²) in [6.07, 6.45) is -3.55. The first-order valence-electron chi connectivity index (χ1n) is 10.4. The molecule has 1 saturated heterocycles. The van der Waals surface area contributed by atoms with Crippen molar-refractivity contribution in [3.8, 4) is 0 Å². The topological polar surface area (TPSA) is 85.2 Å². The van der Waals surface area contributed by atoms with Crippen molar-refractivity contribution < 1.29 is 36.6 Å². The average Bonchev–Trinajstić information content (AvgIpc) is 3.29. The molecule has 1 aromatic carbocycles. The number of fused-ring (bicyclic) bond motifs is 2. The zero-order valence-electron chi connectivity index (χ0n) is 17.5. The fourth-order valence-electron chi connectivity index (χ4n) is 3.98. The summed E-state index contributed by atoms with van der Waals surface area (Å²) in [5, 5.41) is 3.04. The Morgan fingerprint density at radius 2 is 2.03 bits per heavy atom. The average molecular weight is 478 g/mol. The van der Waals surface area contributed by atoms with Gasteiger partial charge in [0.1, 0.15) is 11.5 Å². The number of esters is 1. The van der Waals surface area contributed by atoms with Crippen LogP contribution in [0.2, 0.25) is 0 Å². The highest BCUT2D eigenvalue weighted by atomic mass is 19.4. The van der Waals surface area contributed by atoms with Crippen LogP contribution in [0.25, 0.3) is 5.65 Å². The van der Waals surface area contributed by atoms with Crippen molar-refractivity contribution in [2.45, 2.75) is 24.9 Å². The lowest BCUT2D eigenvalue weighted by Gasteiger charge is -2.28. The predicted octanol–water partition coefficient (Wildman–Crippen LogP) is 3.09. The summed E-state index contributed by atoms with van der Waals surface area (Å²) in [5.74, 6) is -4.21. The molecule has 0 aliphatic carbocycles. The van der Waals surface area contributed by atoms with E-state index in [0.717, 1.165) is 11.0 Å². The highest BCUT2D eigenvalue weighted by molar-refractivity contribution is 6.04. The number of aromatic nitrogens is 2. The molecular weight excluding hydrogens is 460 g/mol. The van der Waals surface area contributed by atoms with E-state index in [-0.39, 0.29) is 30.3 Å². The number of halogens is 4. The minimum atomic E-state index is -5.31. The molecule has 0 bridgehead atoms. The number of imidazole rings is 1. The first kappa shape index (κ1) is 22.1. The minimum absolute atomic E-state index is 0.134. The second-order valence-corrected chi connectivity index (χ2v) is 7.96. The lowest BCUT2D eigenvalue weighted by Crippen LogP contribution is -2.40. The summed E-state index contributed by atoms with van der Waals surface area (Å²) < 4.78 is 65.2. The van der Waals surface area contributed by atoms with Crippen molar-refractivity contribution in [3.63, 3.8) is 0 Å². The molecule has 34 heavy (non-hydrogen) atoms. The Hall–Kier alpha value is -3.67. The van der Waals surface area contributed by atoms with E-state index in [1.807, 2.05) is 0 Å². The third-order valence-electron chi connectivity index (χ3n) is 5.67. The van der Waals surface area contributed by atoms with E-state index in [1.54, 1.807) is 35.0 Å². The van der Waals surface area contributed by atoms with Gasteiger partial charge >= 0.3 is 12.1 Å². The van der Waals surface area contributed by atoms with Crippen molar-refractivity contribution >= 4 is 23.2 Å². The van der Waals surface area contributed by atoms with Crippen LogP contribution in [0.3, 0.4) is 0 Å². The number of nitrogens with zero attached hydrogens (tertiary/aromatic N) is 3. The molecule has 0 radical (unpaired) electrons. The molecule has 178 valence electrons. The first-order valence-corrected chi connectivity index (χ1v) is 10.4. The fourth-order valence-corrected chi connectivity index (χ4v) is 3.98. The fraction of sp³-hybridized carbons (Fsp3) is 0.318. The molecule has 1 amide bonds. The number of hydrogen-bond acceptors (Lipinski definition) is 6. The van der Waals surface area contributed by atoms with Crippen molar-refractivity contribution in [2.24, 2.45) is 0 Å². The lowest BCUT2D eigenvalue weighted by atomic mass is 10.1. The van der Waals surface area contributed by atoms with Crippen LogP contribution in [0.4, 0.5) is 23.2 Å². The number of benzene rings is 1. The third-order valence-corrected chi connectivity index (χ3v) is 5.67. The van der Waals surface area contributed by atoms with Gasteiger partial charge in [-0.2, -0.15) is 13.2 Å². The standard InChI is InChI=1S/C22H18F4N4O4/c23-14-4-5-15(27-13-10-33-11-13)18-17(14)20(34-21(32)22(24,25)26)30(19(18)31)8-6-12-9-29-7-2-1-3-16(29)28-12/h1-5,7,9,13,20,27H,6,8,10-11H2. The maximum Gasteiger partial charge on any atom is 0.491 e. The molecule has 5 rings (SSSR count). The van der Waals surface area contributed by atoms with Crippen LogP contribution >= 0.6 is 0 Å². The maximum atomic E-state index is 14.8. The Kier molecular flexibility index (Phi) is 5.39. The molecule has 3 aromatic rings. The van der Waals surface area contributed by atoms with Crippen molar-refractivity contribution in [2.75, 3.05) is 25.1 Å². The number of hydrogen-bond donors (Lipinski definition) is 1. The van der Waals surface area contributed by atoms with E-state index in [9.17, 15) is 27.2 Å². The molecule has 0 saturated carbocycles. The van der Waals surface area contributed by atoms with Crippen LogP contribution in [-0.2, 0) is 20.7 Å². The first-order chi connectivity index (χ1) is 16.2. The quantitative estimate of drug-likeness (QED) is 0.433. The van der Waals surface area contributed by atoms with Crippen LogP contribution < -0.4 is 5.32 Å². The number of rotatable bonds is 6. The van der Waals surface area contributed by atoms with Crippen LogP contribution in [0.5, 0.6) is 0 Å². The van der Waals surface area contributed by atoms with E-state index >= 15 is 0 Å². The van der Waals surface area contributed by atoms with Gasteiger partial charge in [0, 0.05) is 31.0 Å². The van der Waals surface area contributed by atoms with E-state index < -0.39 is 35.7 Å². The molecule has 8 nitrogen and oxygen atoms in total. The highest BCUT2D eigenvalue weighted by Crippen LogP contribution is 2.41. The Morgan fingerprint density at radius 1 is 1.24 bits per heavy atom. The largest absolute Gasteiger partial charge is 0.491 e. The van der Waals surface area contributed by atoms with Gasteiger partial charge in [-0.1, -0.05) is 6.07 Å². The van der Waals surface area contributed by atoms with Crippen LogP contribution in [0, 0.1) is 5.82 Å². The van der Waals surface area contributed by atoms with Gasteiger partial charge in [0.25, 0.3) is 5.91 Å². The summed E-state index contributed by atoms with van der Waals surface area (Å²) in [5.41, 5.74) is 0.859. The number of ether oxygens (including phenoxy) is 2. The third kappa shape index (κ3) is 3.94. The Labute approximate surface area is 190 Å². The lowest BCUT2D eigenvalue weighted by molar-refractivity contribution is -0.211. The van der Waals surface area contributed by atoms with Gasteiger partial charge < -0.3 is 19.2 Å². The van der Waals surface area contributed by atoms with E-state index in [1.165, 1.54) is 6.07 Å². The van der Waals surface area contributed by atoms with Crippen LogP contribution in [0.1, 0.15) is 27.8 Å². The molecule has 1 N–H and O–H groups in total. The molecule has 1 fully saturated rings. The van der Waals surface area contributed by atoms with Gasteiger partial charge in [-0.3, -0.25) is 9.69 Å². The van der Waals surface area contributed by atoms with Crippen molar-refractivity contribution in [3.05, 3.63) is 65.4 Å². The van der Waals surface area contributed by atoms with E-state index in [2.05, 4.69) is 15.0 Å². The molecule has 2 aliphatic heterocycles. The maximum absolute atomic E-state index is 14.8. The molecule has 4 heterocycles. The van der Waals surface area contributed by atoms with Gasteiger partial charge in [0.15, 0.2) is 0 Å². The number of pyridine rings is 1. The van der Waals surface area contributed by atoms with Gasteiger partial charge in [-0.25, -0.2) is 14.2 Å². The zero-order valence-corrected chi connectivity index (χ0v) is 17.5. The number of anilines is 1. The number of nitrogens with one attached hydrogen (secondary N) is 1. The molecule has 1 atom stereocenters. The second kappa shape index (κ2) is 8.28. The monoisotopic (exact) mass is 478 g/mol. The molecule has 0 spiro atoms. The van der Waals surface area contributed by atoms with Gasteiger partial charge in [-0.05, 0) is 24.3 Å². The van der Waals surface area contributed by atoms with Gasteiger partial charge in [0.2, 0.25) is 6.23 Å². The Morgan fingerprint density at radius 3 is 2.71 bits per heavy atom. The summed E-state index contributed by atoms with van der Waals surface area (Å²) in [6, 6.07) is 7.59. The van der Waals surface area contributed by atoms with Gasteiger partial charge in [-0.15, -0.1) is 0 Å². The van der Waals surface area contributed by atoms with Crippen molar-refractivity contribution in [1.82, 2.24) is 14.3 Å². The number of alkyl halides is 3. The number of carbonyl (C=O) groups excluding carboxylic acids is 2. The predicted molar refractivity (Wildman–Crippen MR) is 109 cm³/mol. The van der Waals surface area contributed by atoms with Gasteiger partial charge in [0.05, 0.1) is 36.1 Å². The molecule has 12 heteroatoms.